The van der Waals surface area contributed by atoms with Crippen LogP contribution in [0, 0.1) is 12.3 Å². The monoisotopic (exact) mass is 699 g/mol. The van der Waals surface area contributed by atoms with E-state index in [1.807, 2.05) is 24.3 Å². The summed E-state index contributed by atoms with van der Waals surface area (Å²) >= 11 is 0. The summed E-state index contributed by atoms with van der Waals surface area (Å²) in [5.41, 5.74) is 4.33. The fraction of sp³-hybridized carbons (Fsp3) is 0.375. The Bertz CT molecular complexity index is 1790. The van der Waals surface area contributed by atoms with E-state index in [4.69, 9.17) is 9.16 Å². The maximum Gasteiger partial charge on any atom is 0.325 e. The summed E-state index contributed by atoms with van der Waals surface area (Å²) in [6, 6.07) is 35.7. The fourth-order valence-electron chi connectivity index (χ4n) is 6.32. The molecule has 4 aromatic carbocycles. The summed E-state index contributed by atoms with van der Waals surface area (Å²) in [6.07, 6.45) is 1.16. The van der Waals surface area contributed by atoms with Crippen LogP contribution < -0.4 is 15.1 Å². The summed E-state index contributed by atoms with van der Waals surface area (Å²) in [5.74, 6) is -0.344. The lowest BCUT2D eigenvalue weighted by atomic mass is 9.87. The number of rotatable bonds is 12. The lowest BCUT2D eigenvalue weighted by Gasteiger charge is -2.35. The van der Waals surface area contributed by atoms with Crippen molar-refractivity contribution in [2.75, 3.05) is 19.7 Å². The molecule has 1 aliphatic heterocycles. The van der Waals surface area contributed by atoms with Gasteiger partial charge in [0.15, 0.2) is 4.75 Å². The number of nitrogens with zero attached hydrogens (tertiary/aromatic N) is 1. The smallest absolute Gasteiger partial charge is 0.325 e. The zero-order valence-corrected chi connectivity index (χ0v) is 31.4. The number of aliphatic carboxylic acids is 1. The van der Waals surface area contributed by atoms with Crippen molar-refractivity contribution in [2.45, 2.75) is 71.2 Å². The number of ether oxygens (including phenoxy) is 1. The molecule has 1 N–H and O–H groups in total. The molecule has 1 fully saturated rings. The Kier molecular flexibility index (Phi) is 11.2. The zero-order chi connectivity index (χ0) is 35.4. The van der Waals surface area contributed by atoms with E-state index in [0.29, 0.717) is 32.5 Å². The van der Waals surface area contributed by atoms with E-state index in [2.05, 4.69) is 107 Å². The van der Waals surface area contributed by atoms with Crippen molar-refractivity contribution >= 4 is 35.4 Å². The van der Waals surface area contributed by atoms with Gasteiger partial charge in [0.25, 0.3) is 0 Å². The average Bonchev–Trinajstić information content (AvgIpc) is 3.08. The van der Waals surface area contributed by atoms with Crippen LogP contribution >= 0.6 is 0 Å². The molecule has 5 rings (SSSR count). The number of benzene rings is 4. The number of sulfonamides is 1. The number of aryl methyl sites for hydroxylation is 1. The van der Waals surface area contributed by atoms with E-state index in [9.17, 15) is 18.3 Å². The third kappa shape index (κ3) is 8.35. The molecular formula is C40H49NO6SSi. The number of carboxylic acid groups (broad SMARTS) is 1. The van der Waals surface area contributed by atoms with Crippen LogP contribution in [0.15, 0.2) is 103 Å². The molecule has 0 amide bonds. The van der Waals surface area contributed by atoms with Crippen LogP contribution in [0.3, 0.4) is 0 Å². The first kappa shape index (κ1) is 36.5. The van der Waals surface area contributed by atoms with Gasteiger partial charge in [-0.25, -0.2) is 12.7 Å². The van der Waals surface area contributed by atoms with Gasteiger partial charge in [-0.1, -0.05) is 112 Å². The van der Waals surface area contributed by atoms with Crippen LogP contribution in [0.4, 0.5) is 0 Å². The summed E-state index contributed by atoms with van der Waals surface area (Å²) < 4.78 is 39.0. The van der Waals surface area contributed by atoms with Gasteiger partial charge in [-0.2, -0.15) is 0 Å². The molecule has 0 radical (unpaired) electrons. The molecule has 1 aliphatic rings. The normalized spacial score (nSPS) is 15.7. The number of carboxylic acids is 1. The minimum Gasteiger partial charge on any atom is -0.491 e. The highest BCUT2D eigenvalue weighted by Gasteiger charge is 2.46. The maximum atomic E-state index is 13.0. The molecule has 4 aromatic rings. The molecular weight excluding hydrogens is 651 g/mol. The van der Waals surface area contributed by atoms with Crippen molar-refractivity contribution in [3.8, 4) is 16.9 Å². The topological polar surface area (TPSA) is 93.1 Å². The number of piperidine rings is 1. The molecule has 0 spiro atoms. The van der Waals surface area contributed by atoms with Crippen molar-refractivity contribution in [3.63, 3.8) is 0 Å². The molecule has 0 aliphatic carbocycles. The average molecular weight is 700 g/mol. The predicted octanol–water partition coefficient (Wildman–Crippen LogP) is 6.38. The van der Waals surface area contributed by atoms with Gasteiger partial charge < -0.3 is 14.3 Å². The lowest BCUT2D eigenvalue weighted by molar-refractivity contribution is -0.139. The second-order valence-corrected chi connectivity index (χ2v) is 19.5. The van der Waals surface area contributed by atoms with E-state index in [1.54, 1.807) is 0 Å². The molecule has 260 valence electrons. The van der Waals surface area contributed by atoms with Crippen molar-refractivity contribution in [1.82, 2.24) is 4.31 Å². The van der Waals surface area contributed by atoms with E-state index in [0.717, 1.165) is 22.4 Å². The van der Waals surface area contributed by atoms with Gasteiger partial charge >= 0.3 is 5.97 Å². The first-order valence-electron chi connectivity index (χ1n) is 17.0. The fourth-order valence-corrected chi connectivity index (χ4v) is 10.5. The second kappa shape index (κ2) is 15.0. The molecule has 0 bridgehead atoms. The van der Waals surface area contributed by atoms with Gasteiger partial charge in [-0.15, -0.1) is 0 Å². The highest BCUT2D eigenvalue weighted by molar-refractivity contribution is 7.91. The summed E-state index contributed by atoms with van der Waals surface area (Å²) in [6.45, 7) is 12.2. The van der Waals surface area contributed by atoms with Crippen molar-refractivity contribution < 1.29 is 27.5 Å². The van der Waals surface area contributed by atoms with E-state index >= 15 is 0 Å². The minimum atomic E-state index is -3.96. The molecule has 1 heterocycles. The number of hydrogen-bond acceptors (Lipinski definition) is 5. The Hall–Kier alpha value is -3.76. The van der Waals surface area contributed by atoms with Crippen molar-refractivity contribution in [1.29, 1.82) is 0 Å². The van der Waals surface area contributed by atoms with Crippen molar-refractivity contribution in [3.05, 3.63) is 114 Å². The van der Waals surface area contributed by atoms with Crippen LogP contribution in [-0.2, 0) is 19.2 Å². The Labute approximate surface area is 293 Å². The van der Waals surface area contributed by atoms with Crippen LogP contribution in [0.1, 0.15) is 64.5 Å². The van der Waals surface area contributed by atoms with Gasteiger partial charge in [0.1, 0.15) is 12.4 Å². The van der Waals surface area contributed by atoms with Crippen LogP contribution in [0.5, 0.6) is 5.75 Å². The van der Waals surface area contributed by atoms with Crippen LogP contribution in [-0.4, -0.2) is 63.4 Å². The molecule has 9 heteroatoms. The van der Waals surface area contributed by atoms with Gasteiger partial charge in [-0.3, -0.25) is 4.79 Å². The third-order valence-electron chi connectivity index (χ3n) is 9.69. The Morgan fingerprint density at radius 3 is 1.98 bits per heavy atom. The van der Waals surface area contributed by atoms with E-state index in [1.165, 1.54) is 34.1 Å². The Morgan fingerprint density at radius 2 is 1.45 bits per heavy atom. The van der Waals surface area contributed by atoms with Gasteiger partial charge in [-0.05, 0) is 89.7 Å². The molecule has 0 aromatic heterocycles. The second-order valence-electron chi connectivity index (χ2n) is 14.6. The van der Waals surface area contributed by atoms with E-state index < -0.39 is 29.8 Å². The molecule has 0 saturated carbocycles. The molecule has 7 nitrogen and oxygen atoms in total. The number of carbonyl (C=O) groups is 1. The maximum absolute atomic E-state index is 13.0. The predicted molar refractivity (Wildman–Crippen MR) is 200 cm³/mol. The first-order valence-corrected chi connectivity index (χ1v) is 20.1. The quantitative estimate of drug-likeness (QED) is 0.173. The van der Waals surface area contributed by atoms with Gasteiger partial charge in [0.2, 0.25) is 19.1 Å². The zero-order valence-electron chi connectivity index (χ0n) is 29.4. The minimum absolute atomic E-state index is 0.133. The van der Waals surface area contributed by atoms with Crippen LogP contribution in [0.25, 0.3) is 11.1 Å². The van der Waals surface area contributed by atoms with Crippen molar-refractivity contribution in [2.24, 2.45) is 5.41 Å². The summed E-state index contributed by atoms with van der Waals surface area (Å²) in [5, 5.41) is 12.0. The molecule has 1 unspecified atom stereocenters. The highest BCUT2D eigenvalue weighted by atomic mass is 32.2. The molecule has 1 atom stereocenters. The highest BCUT2D eigenvalue weighted by Crippen LogP contribution is 2.35. The Morgan fingerprint density at radius 1 is 0.857 bits per heavy atom. The SMILES string of the molecule is Cc1cc(C2CCN(S(=O)(=O)C(C)(C)C(=O)O)CC2)ccc1-c1cccc(OCC(O[SiH](c2ccccc2)c2ccccc2)C(C)(C)C)c1. The standard InChI is InChI=1S/C40H49NO6SSi/c1-29-26-31(30-22-24-41(25-23-30)48(44,45)40(5,6)38(42)43)20-21-36(29)32-14-13-15-33(27-32)46-28-37(39(2,3)4)47-49(34-16-9-7-10-17-34)35-18-11-8-12-19-35/h7-21,26-27,30,37,49H,22-25,28H2,1-6H3,(H,42,43). The van der Waals surface area contributed by atoms with E-state index in [-0.39, 0.29) is 17.4 Å². The van der Waals surface area contributed by atoms with Crippen LogP contribution in [0.2, 0.25) is 0 Å². The third-order valence-corrected chi connectivity index (χ3v) is 14.8. The summed E-state index contributed by atoms with van der Waals surface area (Å²) in [4.78, 5) is 11.6. The molecule has 1 saturated heterocycles. The summed E-state index contributed by atoms with van der Waals surface area (Å²) in [7, 11) is -5.93. The van der Waals surface area contributed by atoms with Gasteiger partial charge in [0, 0.05) is 13.1 Å². The Balaban J connectivity index is 1.27. The van der Waals surface area contributed by atoms with Gasteiger partial charge in [0.05, 0.1) is 6.10 Å². The largest absolute Gasteiger partial charge is 0.491 e. The lowest BCUT2D eigenvalue weighted by Crippen LogP contribution is -2.51. The first-order chi connectivity index (χ1) is 23.2. The number of hydrogen-bond donors (Lipinski definition) is 1. The molecule has 49 heavy (non-hydrogen) atoms.